The summed E-state index contributed by atoms with van der Waals surface area (Å²) in [5, 5.41) is 1.57. The van der Waals surface area contributed by atoms with Crippen molar-refractivity contribution in [1.82, 2.24) is 4.98 Å². The van der Waals surface area contributed by atoms with Crippen molar-refractivity contribution in [1.29, 1.82) is 0 Å². The number of fused-ring (bicyclic) bond motifs is 1. The maximum atomic E-state index is 6.22. The largest absolute Gasteiger partial charge is 0.372 e. The molecule has 0 aliphatic heterocycles. The number of aromatic nitrogens is 1. The van der Waals surface area contributed by atoms with Gasteiger partial charge < -0.3 is 4.74 Å². The topological polar surface area (TPSA) is 22.1 Å². The van der Waals surface area contributed by atoms with E-state index in [0.717, 1.165) is 26.5 Å². The highest BCUT2D eigenvalue weighted by Gasteiger charge is 2.06. The average Bonchev–Trinajstić information content (AvgIpc) is 2.49. The van der Waals surface area contributed by atoms with Crippen molar-refractivity contribution in [2.75, 3.05) is 0 Å². The Bertz CT molecular complexity index is 776. The molecule has 0 atom stereocenters. The van der Waals surface area contributed by atoms with E-state index in [4.69, 9.17) is 16.3 Å². The molecule has 0 saturated carbocycles. The van der Waals surface area contributed by atoms with Gasteiger partial charge in [0.1, 0.15) is 5.15 Å². The summed E-state index contributed by atoms with van der Waals surface area (Å²) < 4.78 is 6.81. The van der Waals surface area contributed by atoms with E-state index in [1.54, 1.807) is 0 Å². The fourth-order valence-corrected chi connectivity index (χ4v) is 2.72. The summed E-state index contributed by atoms with van der Waals surface area (Å²) in [5.41, 5.74) is 2.92. The third-order valence-corrected chi connectivity index (χ3v) is 4.32. The van der Waals surface area contributed by atoms with E-state index in [2.05, 4.69) is 20.9 Å². The van der Waals surface area contributed by atoms with Crippen LogP contribution >= 0.6 is 27.5 Å². The fraction of sp³-hybridized carbons (Fsp3) is 0.118. The van der Waals surface area contributed by atoms with E-state index in [1.807, 2.05) is 54.6 Å². The van der Waals surface area contributed by atoms with Crippen molar-refractivity contribution in [2.45, 2.75) is 13.2 Å². The molecule has 0 aliphatic rings. The summed E-state index contributed by atoms with van der Waals surface area (Å²) in [6.45, 7) is 0.975. The van der Waals surface area contributed by atoms with Crippen LogP contribution in [0.5, 0.6) is 0 Å². The van der Waals surface area contributed by atoms with Gasteiger partial charge in [-0.25, -0.2) is 4.98 Å². The highest BCUT2D eigenvalue weighted by atomic mass is 79.9. The Balaban J connectivity index is 1.73. The van der Waals surface area contributed by atoms with Crippen LogP contribution in [0.25, 0.3) is 10.9 Å². The molecule has 1 heterocycles. The Kier molecular flexibility index (Phi) is 4.54. The fourth-order valence-electron chi connectivity index (χ4n) is 2.12. The Hall–Kier alpha value is -1.42. The quantitative estimate of drug-likeness (QED) is 0.582. The first kappa shape index (κ1) is 14.5. The van der Waals surface area contributed by atoms with Gasteiger partial charge in [-0.15, -0.1) is 0 Å². The number of ether oxygens (including phenoxy) is 1. The van der Waals surface area contributed by atoms with E-state index < -0.39 is 0 Å². The molecule has 0 N–H and O–H groups in total. The molecule has 106 valence electrons. The number of pyridine rings is 1. The van der Waals surface area contributed by atoms with Crippen molar-refractivity contribution in [3.05, 3.63) is 75.4 Å². The van der Waals surface area contributed by atoms with Gasteiger partial charge in [0.25, 0.3) is 0 Å². The minimum atomic E-state index is 0.442. The second-order valence-corrected chi connectivity index (χ2v) is 5.93. The third kappa shape index (κ3) is 3.43. The number of hydrogen-bond donors (Lipinski definition) is 0. The molecule has 0 aliphatic carbocycles. The zero-order chi connectivity index (χ0) is 14.7. The minimum absolute atomic E-state index is 0.442. The van der Waals surface area contributed by atoms with Gasteiger partial charge in [0, 0.05) is 15.4 Å². The van der Waals surface area contributed by atoms with Gasteiger partial charge in [0.05, 0.1) is 18.7 Å². The predicted octanol–water partition coefficient (Wildman–Crippen LogP) is 5.37. The molecule has 2 nitrogen and oxygen atoms in total. The van der Waals surface area contributed by atoms with Crippen LogP contribution in [-0.4, -0.2) is 4.98 Å². The SMILES string of the molecule is Clc1nc2ccccc2cc1COCc1ccccc1Br. The molecular formula is C17H13BrClNO. The smallest absolute Gasteiger partial charge is 0.135 e. The molecule has 0 saturated heterocycles. The van der Waals surface area contributed by atoms with Crippen LogP contribution in [0.15, 0.2) is 59.1 Å². The van der Waals surface area contributed by atoms with Crippen LogP contribution in [0.4, 0.5) is 0 Å². The molecule has 21 heavy (non-hydrogen) atoms. The maximum Gasteiger partial charge on any atom is 0.135 e. The van der Waals surface area contributed by atoms with Crippen LogP contribution in [0.2, 0.25) is 5.15 Å². The first-order valence-electron chi connectivity index (χ1n) is 6.59. The number of halogens is 2. The van der Waals surface area contributed by atoms with E-state index in [0.29, 0.717) is 18.4 Å². The summed E-state index contributed by atoms with van der Waals surface area (Å²) in [5.74, 6) is 0. The molecule has 1 aromatic heterocycles. The van der Waals surface area contributed by atoms with Crippen molar-refractivity contribution < 1.29 is 4.74 Å². The van der Waals surface area contributed by atoms with Gasteiger partial charge in [-0.3, -0.25) is 0 Å². The normalized spacial score (nSPS) is 11.0. The second kappa shape index (κ2) is 6.56. The van der Waals surface area contributed by atoms with Gasteiger partial charge in [0.2, 0.25) is 0 Å². The highest BCUT2D eigenvalue weighted by molar-refractivity contribution is 9.10. The highest BCUT2D eigenvalue weighted by Crippen LogP contribution is 2.22. The molecule has 0 spiro atoms. The lowest BCUT2D eigenvalue weighted by molar-refractivity contribution is 0.106. The molecule has 0 amide bonds. The lowest BCUT2D eigenvalue weighted by Crippen LogP contribution is -1.97. The standard InChI is InChI=1S/C17H13BrClNO/c18-15-7-3-1-6-13(15)10-21-11-14-9-12-5-2-4-8-16(12)20-17(14)19/h1-9H,10-11H2. The average molecular weight is 363 g/mol. The molecule has 3 rings (SSSR count). The Morgan fingerprint density at radius 3 is 2.52 bits per heavy atom. The zero-order valence-electron chi connectivity index (χ0n) is 11.2. The predicted molar refractivity (Wildman–Crippen MR) is 89.4 cm³/mol. The molecule has 3 aromatic rings. The second-order valence-electron chi connectivity index (χ2n) is 4.72. The number of para-hydroxylation sites is 1. The molecule has 0 fully saturated rings. The lowest BCUT2D eigenvalue weighted by atomic mass is 10.2. The number of benzene rings is 2. The summed E-state index contributed by atoms with van der Waals surface area (Å²) in [7, 11) is 0. The third-order valence-electron chi connectivity index (χ3n) is 3.22. The summed E-state index contributed by atoms with van der Waals surface area (Å²) >= 11 is 9.73. The van der Waals surface area contributed by atoms with Crippen LogP contribution in [0.1, 0.15) is 11.1 Å². The summed E-state index contributed by atoms with van der Waals surface area (Å²) in [6, 6.07) is 18.0. The van der Waals surface area contributed by atoms with Crippen molar-refractivity contribution >= 4 is 38.4 Å². The molecule has 0 unspecified atom stereocenters. The molecule has 2 aromatic carbocycles. The lowest BCUT2D eigenvalue weighted by Gasteiger charge is -2.08. The molecular weight excluding hydrogens is 350 g/mol. The first-order chi connectivity index (χ1) is 10.2. The summed E-state index contributed by atoms with van der Waals surface area (Å²) in [4.78, 5) is 4.39. The van der Waals surface area contributed by atoms with Gasteiger partial charge in [-0.1, -0.05) is 63.9 Å². The first-order valence-corrected chi connectivity index (χ1v) is 7.76. The number of hydrogen-bond acceptors (Lipinski definition) is 2. The van der Waals surface area contributed by atoms with E-state index in [9.17, 15) is 0 Å². The summed E-state index contributed by atoms with van der Waals surface area (Å²) in [6.07, 6.45) is 0. The molecule has 0 bridgehead atoms. The monoisotopic (exact) mass is 361 g/mol. The van der Waals surface area contributed by atoms with Crippen molar-refractivity contribution in [3.8, 4) is 0 Å². The van der Waals surface area contributed by atoms with Gasteiger partial charge in [-0.2, -0.15) is 0 Å². The van der Waals surface area contributed by atoms with Crippen LogP contribution in [0, 0.1) is 0 Å². The molecule has 0 radical (unpaired) electrons. The van der Waals surface area contributed by atoms with Crippen LogP contribution in [0.3, 0.4) is 0 Å². The van der Waals surface area contributed by atoms with Gasteiger partial charge >= 0.3 is 0 Å². The minimum Gasteiger partial charge on any atom is -0.372 e. The maximum absolute atomic E-state index is 6.22. The van der Waals surface area contributed by atoms with Crippen LogP contribution < -0.4 is 0 Å². The molecule has 4 heteroatoms. The van der Waals surface area contributed by atoms with Gasteiger partial charge in [-0.05, 0) is 23.8 Å². The number of nitrogens with zero attached hydrogens (tertiary/aromatic N) is 1. The Morgan fingerprint density at radius 2 is 1.67 bits per heavy atom. The Morgan fingerprint density at radius 1 is 0.952 bits per heavy atom. The van der Waals surface area contributed by atoms with Gasteiger partial charge in [0.15, 0.2) is 0 Å². The van der Waals surface area contributed by atoms with Crippen molar-refractivity contribution in [2.24, 2.45) is 0 Å². The van der Waals surface area contributed by atoms with Crippen molar-refractivity contribution in [3.63, 3.8) is 0 Å². The van der Waals surface area contributed by atoms with Crippen LogP contribution in [-0.2, 0) is 18.0 Å². The zero-order valence-corrected chi connectivity index (χ0v) is 13.6. The van der Waals surface area contributed by atoms with E-state index in [-0.39, 0.29) is 0 Å². The number of rotatable bonds is 4. The Labute approximate surface area is 136 Å². The van der Waals surface area contributed by atoms with E-state index in [1.165, 1.54) is 0 Å². The van der Waals surface area contributed by atoms with E-state index >= 15 is 0 Å².